The van der Waals surface area contributed by atoms with Gasteiger partial charge in [0.15, 0.2) is 0 Å². The van der Waals surface area contributed by atoms with Gasteiger partial charge in [0.25, 0.3) is 0 Å². The number of likely N-dealkylation sites (tertiary alicyclic amines) is 1. The largest absolute Gasteiger partial charge is 0.481 e. The van der Waals surface area contributed by atoms with E-state index in [2.05, 4.69) is 0 Å². The van der Waals surface area contributed by atoms with E-state index >= 15 is 0 Å². The molecular formula is C18H25NO4. The van der Waals surface area contributed by atoms with E-state index in [0.717, 1.165) is 16.7 Å². The second kappa shape index (κ2) is 6.22. The van der Waals surface area contributed by atoms with Crippen LogP contribution in [0.2, 0.25) is 0 Å². The van der Waals surface area contributed by atoms with Crippen LogP contribution in [0.15, 0.2) is 18.2 Å². The topological polar surface area (TPSA) is 66.8 Å². The number of benzene rings is 1. The molecular weight excluding hydrogens is 294 g/mol. The summed E-state index contributed by atoms with van der Waals surface area (Å²) in [6.07, 6.45) is -0.448. The summed E-state index contributed by atoms with van der Waals surface area (Å²) in [4.78, 5) is 25.4. The maximum atomic E-state index is 12.3. The summed E-state index contributed by atoms with van der Waals surface area (Å²) >= 11 is 0. The first-order valence-electron chi connectivity index (χ1n) is 7.87. The van der Waals surface area contributed by atoms with Gasteiger partial charge in [-0.15, -0.1) is 0 Å². The van der Waals surface area contributed by atoms with Crippen LogP contribution in [-0.4, -0.2) is 40.8 Å². The number of amides is 1. The standard InChI is InChI=1S/C18H25NO4/c1-11-7-6-8-13(12(11)2)14-9-19(10-15(14)16(20)21)17(22)23-18(3,4)5/h6-8,14-15H,9-10H2,1-5H3,(H,20,21). The van der Waals surface area contributed by atoms with Gasteiger partial charge in [0.05, 0.1) is 5.92 Å². The molecule has 126 valence electrons. The molecule has 5 heteroatoms. The Hall–Kier alpha value is -2.04. The van der Waals surface area contributed by atoms with Crippen molar-refractivity contribution in [1.29, 1.82) is 0 Å². The van der Waals surface area contributed by atoms with Crippen LogP contribution in [-0.2, 0) is 9.53 Å². The molecule has 1 aromatic rings. The lowest BCUT2D eigenvalue weighted by molar-refractivity contribution is -0.141. The number of carbonyl (C=O) groups excluding carboxylic acids is 1. The minimum atomic E-state index is -0.873. The fourth-order valence-electron chi connectivity index (χ4n) is 3.02. The van der Waals surface area contributed by atoms with Gasteiger partial charge in [-0.1, -0.05) is 18.2 Å². The van der Waals surface area contributed by atoms with Gasteiger partial charge in [-0.2, -0.15) is 0 Å². The lowest BCUT2D eigenvalue weighted by Gasteiger charge is -2.24. The number of rotatable bonds is 2. The van der Waals surface area contributed by atoms with E-state index in [-0.39, 0.29) is 12.5 Å². The summed E-state index contributed by atoms with van der Waals surface area (Å²) < 4.78 is 5.38. The van der Waals surface area contributed by atoms with Gasteiger partial charge in [0.1, 0.15) is 5.60 Å². The first-order valence-corrected chi connectivity index (χ1v) is 7.87. The Labute approximate surface area is 137 Å². The van der Waals surface area contributed by atoms with Crippen LogP contribution < -0.4 is 0 Å². The minimum Gasteiger partial charge on any atom is -0.481 e. The molecule has 0 aromatic heterocycles. The molecule has 1 aliphatic heterocycles. The molecule has 1 aliphatic rings. The van der Waals surface area contributed by atoms with Crippen LogP contribution in [0, 0.1) is 19.8 Å². The van der Waals surface area contributed by atoms with Gasteiger partial charge in [-0.25, -0.2) is 4.79 Å². The average Bonchev–Trinajstić information content (AvgIpc) is 2.85. The van der Waals surface area contributed by atoms with Crippen molar-refractivity contribution in [1.82, 2.24) is 4.90 Å². The number of carboxylic acid groups (broad SMARTS) is 1. The van der Waals surface area contributed by atoms with Crippen molar-refractivity contribution in [2.45, 2.75) is 46.1 Å². The van der Waals surface area contributed by atoms with Crippen molar-refractivity contribution in [2.24, 2.45) is 5.92 Å². The molecule has 0 saturated carbocycles. The minimum absolute atomic E-state index is 0.183. The van der Waals surface area contributed by atoms with Gasteiger partial charge in [0, 0.05) is 19.0 Å². The molecule has 1 fully saturated rings. The molecule has 0 spiro atoms. The lowest BCUT2D eigenvalue weighted by Crippen LogP contribution is -2.35. The first kappa shape index (κ1) is 17.3. The number of aryl methyl sites for hydroxylation is 1. The van der Waals surface area contributed by atoms with E-state index in [4.69, 9.17) is 4.74 Å². The van der Waals surface area contributed by atoms with E-state index in [9.17, 15) is 14.7 Å². The molecule has 2 rings (SSSR count). The molecule has 2 atom stereocenters. The Morgan fingerprint density at radius 3 is 2.43 bits per heavy atom. The summed E-state index contributed by atoms with van der Waals surface area (Å²) in [5.41, 5.74) is 2.63. The smallest absolute Gasteiger partial charge is 0.410 e. The Morgan fingerprint density at radius 1 is 1.22 bits per heavy atom. The van der Waals surface area contributed by atoms with Crippen LogP contribution in [0.3, 0.4) is 0 Å². The Balaban J connectivity index is 2.27. The van der Waals surface area contributed by atoms with Crippen molar-refractivity contribution in [2.75, 3.05) is 13.1 Å². The number of hydrogen-bond acceptors (Lipinski definition) is 3. The van der Waals surface area contributed by atoms with Gasteiger partial charge >= 0.3 is 12.1 Å². The molecule has 1 aromatic carbocycles. The molecule has 0 aliphatic carbocycles. The maximum Gasteiger partial charge on any atom is 0.410 e. The Bertz CT molecular complexity index is 618. The highest BCUT2D eigenvalue weighted by Crippen LogP contribution is 2.36. The lowest BCUT2D eigenvalue weighted by atomic mass is 9.85. The molecule has 1 saturated heterocycles. The number of carboxylic acids is 1. The summed E-state index contributed by atoms with van der Waals surface area (Å²) in [5.74, 6) is -1.69. The fraction of sp³-hybridized carbons (Fsp3) is 0.556. The number of carbonyl (C=O) groups is 2. The van der Waals surface area contributed by atoms with Crippen molar-refractivity contribution in [3.63, 3.8) is 0 Å². The van der Waals surface area contributed by atoms with Crippen LogP contribution >= 0.6 is 0 Å². The molecule has 0 radical (unpaired) electrons. The third-order valence-corrected chi connectivity index (χ3v) is 4.33. The average molecular weight is 319 g/mol. The molecule has 1 N–H and O–H groups in total. The summed E-state index contributed by atoms with van der Waals surface area (Å²) in [6.45, 7) is 9.97. The van der Waals surface area contributed by atoms with Crippen LogP contribution in [0.4, 0.5) is 4.79 Å². The number of nitrogens with zero attached hydrogens (tertiary/aromatic N) is 1. The SMILES string of the molecule is Cc1cccc(C2CN(C(=O)OC(C)(C)C)CC2C(=O)O)c1C. The second-order valence-corrected chi connectivity index (χ2v) is 7.23. The van der Waals surface area contributed by atoms with E-state index in [1.165, 1.54) is 4.90 Å². The van der Waals surface area contributed by atoms with Crippen molar-refractivity contribution in [3.8, 4) is 0 Å². The van der Waals surface area contributed by atoms with E-state index < -0.39 is 23.6 Å². The van der Waals surface area contributed by atoms with Gasteiger partial charge in [-0.05, 0) is 51.3 Å². The molecule has 5 nitrogen and oxygen atoms in total. The summed E-state index contributed by atoms with van der Waals surface area (Å²) in [7, 11) is 0. The third kappa shape index (κ3) is 3.84. The van der Waals surface area contributed by atoms with Gasteiger partial charge < -0.3 is 14.7 Å². The zero-order valence-electron chi connectivity index (χ0n) is 14.4. The zero-order valence-corrected chi connectivity index (χ0v) is 14.4. The fourth-order valence-corrected chi connectivity index (χ4v) is 3.02. The van der Waals surface area contributed by atoms with E-state index in [1.54, 1.807) is 20.8 Å². The quantitative estimate of drug-likeness (QED) is 0.908. The molecule has 2 unspecified atom stereocenters. The zero-order chi connectivity index (χ0) is 17.4. The van der Waals surface area contributed by atoms with Crippen molar-refractivity contribution >= 4 is 12.1 Å². The Morgan fingerprint density at radius 2 is 1.87 bits per heavy atom. The number of aliphatic carboxylic acids is 1. The molecule has 0 bridgehead atoms. The van der Waals surface area contributed by atoms with Crippen molar-refractivity contribution < 1.29 is 19.4 Å². The maximum absolute atomic E-state index is 12.3. The summed E-state index contributed by atoms with van der Waals surface area (Å²) in [6, 6.07) is 5.91. The second-order valence-electron chi connectivity index (χ2n) is 7.23. The monoisotopic (exact) mass is 319 g/mol. The predicted molar refractivity (Wildman–Crippen MR) is 87.6 cm³/mol. The number of hydrogen-bond donors (Lipinski definition) is 1. The highest BCUT2D eigenvalue weighted by atomic mass is 16.6. The predicted octanol–water partition coefficient (Wildman–Crippen LogP) is 3.34. The van der Waals surface area contributed by atoms with Gasteiger partial charge in [0.2, 0.25) is 0 Å². The highest BCUT2D eigenvalue weighted by molar-refractivity contribution is 5.76. The van der Waals surface area contributed by atoms with Crippen molar-refractivity contribution in [3.05, 3.63) is 34.9 Å². The Kier molecular flexibility index (Phi) is 4.68. The molecule has 1 amide bonds. The molecule has 1 heterocycles. The summed E-state index contributed by atoms with van der Waals surface area (Å²) in [5, 5.41) is 9.56. The first-order chi connectivity index (χ1) is 10.6. The highest BCUT2D eigenvalue weighted by Gasteiger charge is 2.42. The van der Waals surface area contributed by atoms with Crippen LogP contribution in [0.25, 0.3) is 0 Å². The van der Waals surface area contributed by atoms with Crippen LogP contribution in [0.5, 0.6) is 0 Å². The van der Waals surface area contributed by atoms with E-state index in [0.29, 0.717) is 6.54 Å². The van der Waals surface area contributed by atoms with E-state index in [1.807, 2.05) is 32.0 Å². The molecule has 23 heavy (non-hydrogen) atoms. The number of ether oxygens (including phenoxy) is 1. The normalized spacial score (nSPS) is 21.3. The van der Waals surface area contributed by atoms with Crippen LogP contribution in [0.1, 0.15) is 43.4 Å². The van der Waals surface area contributed by atoms with Gasteiger partial charge in [-0.3, -0.25) is 4.79 Å². The third-order valence-electron chi connectivity index (χ3n) is 4.33.